The van der Waals surface area contributed by atoms with Gasteiger partial charge in [0.1, 0.15) is 5.75 Å². The van der Waals surface area contributed by atoms with Gasteiger partial charge in [-0.15, -0.1) is 5.10 Å². The summed E-state index contributed by atoms with van der Waals surface area (Å²) >= 11 is 0. The second-order valence-corrected chi connectivity index (χ2v) is 18.4. The van der Waals surface area contributed by atoms with Crippen LogP contribution in [0.25, 0.3) is 0 Å². The molecule has 12 nitrogen and oxygen atoms in total. The second-order valence-electron chi connectivity index (χ2n) is 14.6. The topological polar surface area (TPSA) is 136 Å². The van der Waals surface area contributed by atoms with Gasteiger partial charge in [-0.3, -0.25) is 24.0 Å². The van der Waals surface area contributed by atoms with Crippen LogP contribution in [0.5, 0.6) is 5.75 Å². The highest BCUT2D eigenvalue weighted by atomic mass is 28.4. The van der Waals surface area contributed by atoms with Gasteiger partial charge >= 0.3 is 5.97 Å². The van der Waals surface area contributed by atoms with Crippen LogP contribution in [0.3, 0.4) is 0 Å². The smallest absolute Gasteiger partial charge is 0.304 e. The number of aromatic nitrogens is 3. The number of nitrogens with zero attached hydrogens (tertiary/aromatic N) is 5. The first kappa shape index (κ1) is 36.4. The lowest BCUT2D eigenvalue weighted by molar-refractivity contribution is -0.154. The predicted molar refractivity (Wildman–Crippen MR) is 196 cm³/mol. The Bertz CT molecular complexity index is 2000. The Hall–Kier alpha value is -4.92. The Morgan fingerprint density at radius 2 is 1.85 bits per heavy atom. The van der Waals surface area contributed by atoms with Crippen molar-refractivity contribution in [3.8, 4) is 5.75 Å². The molecule has 3 aromatic carbocycles. The molecule has 6 atom stereocenters. The molecule has 2 amide bonds. The number of hydrogen-bond donors (Lipinski definition) is 1. The van der Waals surface area contributed by atoms with E-state index in [0.717, 1.165) is 11.1 Å². The summed E-state index contributed by atoms with van der Waals surface area (Å²) in [7, 11) is -1.86. The number of carbonyl (C=O) groups excluding carboxylic acids is 3. The van der Waals surface area contributed by atoms with Gasteiger partial charge in [0.05, 0.1) is 50.1 Å². The number of aliphatic hydroxyl groups excluding tert-OH is 1. The number of halogens is 1. The Morgan fingerprint density at radius 1 is 1.11 bits per heavy atom. The largest absolute Gasteiger partial charge is 0.497 e. The molecule has 2 saturated heterocycles. The molecule has 0 bridgehead atoms. The molecule has 278 valence electrons. The third-order valence-corrected chi connectivity index (χ3v) is 13.3. The zero-order chi connectivity index (χ0) is 37.7. The fourth-order valence-electron chi connectivity index (χ4n) is 8.41. The maximum absolute atomic E-state index is 16.4. The lowest BCUT2D eigenvalue weighted by Gasteiger charge is -2.39. The first-order chi connectivity index (χ1) is 25.3. The quantitative estimate of drug-likeness (QED) is 0.0871. The minimum atomic E-state index is -3.42. The van der Waals surface area contributed by atoms with Gasteiger partial charge < -0.3 is 28.3 Å². The molecule has 0 radical (unpaired) electrons. The van der Waals surface area contributed by atoms with E-state index >= 15 is 4.11 Å². The first-order valence-corrected chi connectivity index (χ1v) is 20.8. The zero-order valence-electron chi connectivity index (χ0n) is 30.4. The summed E-state index contributed by atoms with van der Waals surface area (Å²) < 4.78 is 35.9. The van der Waals surface area contributed by atoms with Crippen molar-refractivity contribution in [1.82, 2.24) is 15.0 Å². The molecule has 2 fully saturated rings. The molecule has 0 aliphatic carbocycles. The van der Waals surface area contributed by atoms with Crippen molar-refractivity contribution in [1.29, 1.82) is 0 Å². The van der Waals surface area contributed by atoms with Crippen LogP contribution in [0, 0.1) is 5.92 Å². The van der Waals surface area contributed by atoms with Crippen molar-refractivity contribution in [2.45, 2.75) is 82.3 Å². The third-order valence-electron chi connectivity index (χ3n) is 10.9. The summed E-state index contributed by atoms with van der Waals surface area (Å²) in [6.07, 6.45) is 1.09. The summed E-state index contributed by atoms with van der Waals surface area (Å²) in [5.74, 6) is -1.15. The number of β-lactam (4-membered cyclic amide) rings is 1. The van der Waals surface area contributed by atoms with E-state index in [1.165, 1.54) is 11.8 Å². The lowest BCUT2D eigenvalue weighted by atomic mass is 9.82. The number of anilines is 2. The van der Waals surface area contributed by atoms with Crippen LogP contribution < -0.4 is 14.5 Å². The number of ether oxygens (including phenoxy) is 3. The van der Waals surface area contributed by atoms with Gasteiger partial charge in [-0.1, -0.05) is 54.6 Å². The molecule has 2 unspecified atom stereocenters. The van der Waals surface area contributed by atoms with E-state index in [0.29, 0.717) is 41.3 Å². The van der Waals surface area contributed by atoms with Crippen molar-refractivity contribution in [3.63, 3.8) is 0 Å². The number of esters is 1. The molecule has 1 N–H and O–H groups in total. The van der Waals surface area contributed by atoms with Gasteiger partial charge in [-0.2, -0.15) is 0 Å². The summed E-state index contributed by atoms with van der Waals surface area (Å²) in [6.45, 7) is 7.02. The van der Waals surface area contributed by atoms with Gasteiger partial charge in [0.25, 0.3) is 5.91 Å². The molecule has 3 aliphatic heterocycles. The Morgan fingerprint density at radius 3 is 2.49 bits per heavy atom. The van der Waals surface area contributed by atoms with Gasteiger partial charge in [0.2, 0.25) is 14.3 Å². The number of methoxy groups -OCH3 is 1. The fraction of sp³-hybridized carbons (Fsp3) is 0.410. The number of hydrogen-bond acceptors (Lipinski definition) is 9. The second kappa shape index (κ2) is 14.1. The molecule has 53 heavy (non-hydrogen) atoms. The maximum Gasteiger partial charge on any atom is 0.304 e. The minimum absolute atomic E-state index is 0.127. The molecule has 1 spiro atoms. The number of aryl methyl sites for hydroxylation is 1. The average molecular weight is 742 g/mol. The Balaban J connectivity index is 1.15. The predicted octanol–water partition coefficient (Wildman–Crippen LogP) is 5.45. The van der Waals surface area contributed by atoms with Crippen molar-refractivity contribution in [2.75, 3.05) is 23.5 Å². The molecule has 3 aliphatic rings. The summed E-state index contributed by atoms with van der Waals surface area (Å²) in [5, 5.41) is 18.8. The summed E-state index contributed by atoms with van der Waals surface area (Å²) in [4.78, 5) is 41.8. The maximum atomic E-state index is 16.4. The van der Waals surface area contributed by atoms with Crippen LogP contribution in [0.4, 0.5) is 15.5 Å². The van der Waals surface area contributed by atoms with Crippen molar-refractivity contribution in [3.05, 3.63) is 101 Å². The highest BCUT2D eigenvalue weighted by Gasteiger charge is 2.66. The number of aliphatic hydroxyl groups is 1. The van der Waals surface area contributed by atoms with E-state index in [2.05, 4.69) is 10.3 Å². The third kappa shape index (κ3) is 6.53. The minimum Gasteiger partial charge on any atom is -0.497 e. The summed E-state index contributed by atoms with van der Waals surface area (Å²) in [6, 6.07) is 22.3. The van der Waals surface area contributed by atoms with Crippen LogP contribution >= 0.6 is 0 Å². The van der Waals surface area contributed by atoms with E-state index in [4.69, 9.17) is 14.2 Å². The van der Waals surface area contributed by atoms with Crippen LogP contribution in [-0.4, -0.2) is 72.3 Å². The molecular formula is C39H44FN5O7Si. The van der Waals surface area contributed by atoms with Gasteiger partial charge in [0.15, 0.2) is 11.8 Å². The Labute approximate surface area is 308 Å². The van der Waals surface area contributed by atoms with E-state index in [1.54, 1.807) is 54.2 Å². The molecule has 7 rings (SSSR count). The van der Waals surface area contributed by atoms with E-state index in [1.807, 2.05) is 61.5 Å². The monoisotopic (exact) mass is 741 g/mol. The molecule has 1 aromatic heterocycles. The average Bonchev–Trinajstić information content (AvgIpc) is 3.78. The van der Waals surface area contributed by atoms with Crippen LogP contribution in [0.15, 0.2) is 79.0 Å². The van der Waals surface area contributed by atoms with Crippen molar-refractivity contribution < 1.29 is 37.8 Å². The van der Waals surface area contributed by atoms with Gasteiger partial charge in [-0.05, 0) is 61.0 Å². The normalized spacial score (nSPS) is 24.4. The zero-order valence-corrected chi connectivity index (χ0v) is 31.4. The van der Waals surface area contributed by atoms with E-state index < -0.39 is 43.8 Å². The van der Waals surface area contributed by atoms with Crippen LogP contribution in [0.1, 0.15) is 55.0 Å². The van der Waals surface area contributed by atoms with Crippen molar-refractivity contribution in [2.24, 2.45) is 5.92 Å². The highest BCUT2D eigenvalue weighted by Crippen LogP contribution is 2.60. The fourth-order valence-corrected chi connectivity index (χ4v) is 10.9. The van der Waals surface area contributed by atoms with Crippen molar-refractivity contribution >= 4 is 37.6 Å². The molecular weight excluding hydrogens is 698 g/mol. The van der Waals surface area contributed by atoms with E-state index in [-0.39, 0.29) is 37.3 Å². The molecule has 0 saturated carbocycles. The van der Waals surface area contributed by atoms with Gasteiger partial charge in [0, 0.05) is 42.4 Å². The molecule has 14 heteroatoms. The SMILES string of the molecule is COc1ccc2c(c1)[C@@]1(O[C@H](CCn3cc(C(CO)c4ccccc4)nn3)[C@@H]([Si](C)(C)F)[C@@H]1C)C(=O)N2Cc1ccc(N2C(=O)CC2OC(C)=O)cc1. The molecule has 4 heterocycles. The first-order valence-electron chi connectivity index (χ1n) is 17.9. The highest BCUT2D eigenvalue weighted by molar-refractivity contribution is 6.72. The van der Waals surface area contributed by atoms with Gasteiger partial charge in [-0.25, -0.2) is 0 Å². The Kier molecular flexibility index (Phi) is 9.72. The number of carbonyl (C=O) groups is 3. The number of amides is 2. The molecule has 4 aromatic rings. The van der Waals surface area contributed by atoms with Crippen LogP contribution in [0.2, 0.25) is 18.6 Å². The van der Waals surface area contributed by atoms with E-state index in [9.17, 15) is 19.5 Å². The number of rotatable bonds is 12. The number of fused-ring (bicyclic) bond motifs is 2. The van der Waals surface area contributed by atoms with Crippen LogP contribution in [-0.2, 0) is 42.5 Å². The lowest BCUT2D eigenvalue weighted by Crippen LogP contribution is -2.54. The number of benzene rings is 3. The standard InChI is InChI=1S/C39H44FN5O7Si/c1-24-37(53(4,5)40)34(17-18-43-22-32(41-42-43)30(23-46)27-9-7-6-8-10-27)52-39(24)31-19-29(50-3)15-16-33(31)44(38(39)49)21-26-11-13-28(14-12-26)45-35(48)20-36(45)51-25(2)47/h6-16,19,22,24,30,34,36-37,46H,17-18,20-21,23H2,1-5H3/t24-,30?,34+,36?,37-,39+/m0/s1. The summed E-state index contributed by atoms with van der Waals surface area (Å²) in [5.41, 5.74) is 2.29.